The minimum absolute atomic E-state index is 0.0407. The van der Waals surface area contributed by atoms with Gasteiger partial charge in [0, 0.05) is 17.9 Å². The second kappa shape index (κ2) is 4.50. The average molecular weight is 339 g/mol. The second-order valence-electron chi connectivity index (χ2n) is 7.66. The Bertz CT molecular complexity index is 902. The van der Waals surface area contributed by atoms with Gasteiger partial charge in [-0.3, -0.25) is 0 Å². The van der Waals surface area contributed by atoms with Gasteiger partial charge in [-0.25, -0.2) is 8.42 Å². The van der Waals surface area contributed by atoms with E-state index in [2.05, 4.69) is 41.3 Å². The van der Waals surface area contributed by atoms with Gasteiger partial charge < -0.3 is 4.90 Å². The number of rotatable bonds is 1. The van der Waals surface area contributed by atoms with E-state index < -0.39 is 14.6 Å². The highest BCUT2D eigenvalue weighted by Gasteiger charge is 2.69. The summed E-state index contributed by atoms with van der Waals surface area (Å²) in [6, 6.07) is 17.0. The van der Waals surface area contributed by atoms with Crippen LogP contribution >= 0.6 is 0 Å². The maximum absolute atomic E-state index is 13.1. The minimum atomic E-state index is -3.10. The van der Waals surface area contributed by atoms with Gasteiger partial charge in [-0.1, -0.05) is 48.5 Å². The fourth-order valence-electron chi connectivity index (χ4n) is 5.53. The van der Waals surface area contributed by atoms with Crippen LogP contribution in [-0.4, -0.2) is 44.0 Å². The van der Waals surface area contributed by atoms with Crippen LogP contribution in [0.2, 0.25) is 0 Å². The van der Waals surface area contributed by atoms with Crippen molar-refractivity contribution in [3.63, 3.8) is 0 Å². The number of sulfone groups is 1. The standard InChI is InChI=1S/C20H21NO2S/c1-21(2)18-12-24(22,23)20(18)11-17-13-7-3-5-9-15(13)19(20)16-10-6-4-8-14(16)17/h3-10,17-19H,11-12H2,1-2H3. The molecule has 0 N–H and O–H groups in total. The van der Waals surface area contributed by atoms with Crippen LogP contribution in [0.15, 0.2) is 48.5 Å². The van der Waals surface area contributed by atoms with Crippen LogP contribution in [0.4, 0.5) is 0 Å². The first-order chi connectivity index (χ1) is 11.5. The van der Waals surface area contributed by atoms with Crippen molar-refractivity contribution in [1.29, 1.82) is 0 Å². The van der Waals surface area contributed by atoms with E-state index in [-0.39, 0.29) is 23.6 Å². The zero-order chi connectivity index (χ0) is 16.7. The lowest BCUT2D eigenvalue weighted by atomic mass is 9.56. The Kier molecular flexibility index (Phi) is 2.75. The topological polar surface area (TPSA) is 37.4 Å². The van der Waals surface area contributed by atoms with Crippen LogP contribution in [-0.2, 0) is 9.84 Å². The molecular weight excluding hydrogens is 318 g/mol. The molecule has 2 aromatic rings. The van der Waals surface area contributed by atoms with Crippen LogP contribution in [0.5, 0.6) is 0 Å². The van der Waals surface area contributed by atoms with Gasteiger partial charge in [-0.05, 0) is 42.8 Å². The van der Waals surface area contributed by atoms with Crippen LogP contribution in [0.25, 0.3) is 0 Å². The third kappa shape index (κ3) is 1.50. The van der Waals surface area contributed by atoms with Crippen LogP contribution in [0.3, 0.4) is 0 Å². The molecule has 1 saturated heterocycles. The first kappa shape index (κ1) is 14.7. The lowest BCUT2D eigenvalue weighted by Crippen LogP contribution is -2.73. The summed E-state index contributed by atoms with van der Waals surface area (Å²) in [6.07, 6.45) is 0.719. The predicted octanol–water partition coefficient (Wildman–Crippen LogP) is 2.76. The van der Waals surface area contributed by atoms with Crippen molar-refractivity contribution in [2.24, 2.45) is 0 Å². The van der Waals surface area contributed by atoms with Gasteiger partial charge in [0.15, 0.2) is 9.84 Å². The molecule has 0 amide bonds. The SMILES string of the molecule is CN(C)C1CS(=O)(=O)C12CC1c3ccccc3C2c2ccccc21. The maximum atomic E-state index is 13.1. The van der Waals surface area contributed by atoms with Gasteiger partial charge >= 0.3 is 0 Å². The first-order valence-electron chi connectivity index (χ1n) is 8.54. The fraction of sp³-hybridized carbons (Fsp3) is 0.400. The molecule has 0 saturated carbocycles. The van der Waals surface area contributed by atoms with E-state index >= 15 is 0 Å². The molecular formula is C20H21NO2S. The quantitative estimate of drug-likeness (QED) is 0.802. The lowest BCUT2D eigenvalue weighted by molar-refractivity contribution is 0.173. The zero-order valence-electron chi connectivity index (χ0n) is 13.9. The van der Waals surface area contributed by atoms with Gasteiger partial charge in [0.25, 0.3) is 0 Å². The predicted molar refractivity (Wildman–Crippen MR) is 95.2 cm³/mol. The molecule has 2 atom stereocenters. The Morgan fingerprint density at radius 3 is 1.88 bits per heavy atom. The summed E-state index contributed by atoms with van der Waals surface area (Å²) in [5.41, 5.74) is 5.10. The van der Waals surface area contributed by atoms with Gasteiger partial charge in [0.05, 0.1) is 5.75 Å². The number of benzene rings is 2. The van der Waals surface area contributed by atoms with Crippen molar-refractivity contribution >= 4 is 9.84 Å². The summed E-state index contributed by atoms with van der Waals surface area (Å²) < 4.78 is 25.5. The maximum Gasteiger partial charge on any atom is 0.160 e. The van der Waals surface area contributed by atoms with Gasteiger partial charge in [0.1, 0.15) is 4.75 Å². The van der Waals surface area contributed by atoms with Crippen molar-refractivity contribution in [1.82, 2.24) is 4.90 Å². The normalized spacial score (nSPS) is 34.7. The average Bonchev–Trinajstić information content (AvgIpc) is 2.59. The Labute approximate surface area is 143 Å². The Balaban J connectivity index is 1.84. The van der Waals surface area contributed by atoms with Crippen LogP contribution < -0.4 is 0 Å². The van der Waals surface area contributed by atoms with Crippen molar-refractivity contribution in [3.05, 3.63) is 70.8 Å². The third-order valence-electron chi connectivity index (χ3n) is 6.52. The number of hydrogen-bond acceptors (Lipinski definition) is 3. The molecule has 1 aliphatic heterocycles. The fourth-order valence-corrected chi connectivity index (χ4v) is 8.30. The molecule has 0 aromatic heterocycles. The highest BCUT2D eigenvalue weighted by atomic mass is 32.2. The van der Waals surface area contributed by atoms with Crippen LogP contribution in [0.1, 0.15) is 40.5 Å². The summed E-state index contributed by atoms with van der Waals surface area (Å²) >= 11 is 0. The molecule has 24 heavy (non-hydrogen) atoms. The molecule has 4 heteroatoms. The van der Waals surface area contributed by atoms with Crippen molar-refractivity contribution < 1.29 is 8.42 Å². The van der Waals surface area contributed by atoms with Gasteiger partial charge in [0.2, 0.25) is 0 Å². The van der Waals surface area contributed by atoms with E-state index in [0.29, 0.717) is 0 Å². The Morgan fingerprint density at radius 1 is 0.917 bits per heavy atom. The molecule has 0 radical (unpaired) electrons. The molecule has 3 nitrogen and oxygen atoms in total. The molecule has 2 bridgehead atoms. The van der Waals surface area contributed by atoms with E-state index in [1.165, 1.54) is 22.3 Å². The molecule has 3 aliphatic carbocycles. The van der Waals surface area contributed by atoms with E-state index in [9.17, 15) is 8.42 Å². The smallest absolute Gasteiger partial charge is 0.160 e. The Morgan fingerprint density at radius 2 is 1.42 bits per heavy atom. The lowest BCUT2D eigenvalue weighted by Gasteiger charge is -2.61. The first-order valence-corrected chi connectivity index (χ1v) is 10.2. The van der Waals surface area contributed by atoms with E-state index in [1.807, 2.05) is 26.2 Å². The molecule has 124 valence electrons. The minimum Gasteiger partial charge on any atom is -0.304 e. The molecule has 1 spiro atoms. The van der Waals surface area contributed by atoms with Crippen molar-refractivity contribution in [2.45, 2.75) is 29.0 Å². The van der Waals surface area contributed by atoms with E-state index in [0.717, 1.165) is 6.42 Å². The van der Waals surface area contributed by atoms with Crippen molar-refractivity contribution in [3.8, 4) is 0 Å². The zero-order valence-corrected chi connectivity index (χ0v) is 14.8. The summed E-state index contributed by atoms with van der Waals surface area (Å²) in [7, 11) is 0.933. The van der Waals surface area contributed by atoms with E-state index in [1.54, 1.807) is 0 Å². The van der Waals surface area contributed by atoms with Crippen LogP contribution in [0, 0.1) is 0 Å². The highest BCUT2D eigenvalue weighted by Crippen LogP contribution is 2.64. The second-order valence-corrected chi connectivity index (χ2v) is 9.99. The summed E-state index contributed by atoms with van der Waals surface area (Å²) in [4.78, 5) is 2.12. The molecule has 4 aliphatic rings. The van der Waals surface area contributed by atoms with Crippen molar-refractivity contribution in [2.75, 3.05) is 19.8 Å². The Hall–Kier alpha value is -1.65. The third-order valence-corrected chi connectivity index (χ3v) is 9.11. The molecule has 2 aromatic carbocycles. The van der Waals surface area contributed by atoms with Gasteiger partial charge in [-0.15, -0.1) is 0 Å². The number of hydrogen-bond donors (Lipinski definition) is 0. The summed E-state index contributed by atoms with van der Waals surface area (Å²) in [6.45, 7) is 0. The largest absolute Gasteiger partial charge is 0.304 e. The molecule has 6 rings (SSSR count). The molecule has 1 heterocycles. The summed E-state index contributed by atoms with van der Waals surface area (Å²) in [5, 5.41) is 0. The summed E-state index contributed by atoms with van der Waals surface area (Å²) in [5.74, 6) is 0.439. The monoisotopic (exact) mass is 339 g/mol. The van der Waals surface area contributed by atoms with E-state index in [4.69, 9.17) is 0 Å². The van der Waals surface area contributed by atoms with Gasteiger partial charge in [-0.2, -0.15) is 0 Å². The molecule has 2 unspecified atom stereocenters. The number of nitrogens with zero attached hydrogens (tertiary/aromatic N) is 1. The highest BCUT2D eigenvalue weighted by molar-refractivity contribution is 7.94. The molecule has 1 fully saturated rings.